The van der Waals surface area contributed by atoms with Crippen LogP contribution in [0.5, 0.6) is 5.75 Å². The third-order valence-corrected chi connectivity index (χ3v) is 2.29. The van der Waals surface area contributed by atoms with Crippen LogP contribution < -0.4 is 21.0 Å². The summed E-state index contributed by atoms with van der Waals surface area (Å²) in [7, 11) is 0. The van der Waals surface area contributed by atoms with Gasteiger partial charge in [-0.25, -0.2) is 15.1 Å². The normalized spacial score (nSPS) is 9.35. The summed E-state index contributed by atoms with van der Waals surface area (Å²) >= 11 is 0. The number of hydroxylamine groups is 1. The molecule has 0 saturated heterocycles. The van der Waals surface area contributed by atoms with E-state index in [1.807, 2.05) is 5.32 Å². The maximum atomic E-state index is 11.8. The van der Waals surface area contributed by atoms with Crippen LogP contribution in [0.25, 0.3) is 0 Å². The fourth-order valence-electron chi connectivity index (χ4n) is 1.42. The van der Waals surface area contributed by atoms with Crippen LogP contribution in [-0.4, -0.2) is 11.0 Å². The van der Waals surface area contributed by atoms with Crippen LogP contribution in [0.1, 0.15) is 0 Å². The average Bonchev–Trinajstić information content (AvgIpc) is 2.48. The number of anilines is 2. The van der Waals surface area contributed by atoms with Crippen molar-refractivity contribution < 1.29 is 9.63 Å². The monoisotopic (exact) mass is 269 g/mol. The lowest BCUT2D eigenvalue weighted by Gasteiger charge is -2.20. The van der Waals surface area contributed by atoms with Gasteiger partial charge >= 0.3 is 6.03 Å². The third-order valence-electron chi connectivity index (χ3n) is 2.29. The molecule has 1 aromatic heterocycles. The van der Waals surface area contributed by atoms with Gasteiger partial charge in [0.25, 0.3) is 0 Å². The molecule has 1 aromatic carbocycles. The number of hydrogen-bond donors (Lipinski definition) is 2. The van der Waals surface area contributed by atoms with Crippen LogP contribution in [0.15, 0.2) is 48.7 Å². The van der Waals surface area contributed by atoms with Crippen molar-refractivity contribution in [2.45, 2.75) is 0 Å². The van der Waals surface area contributed by atoms with E-state index >= 15 is 0 Å². The number of carbonyl (C=O) groups excluding carboxylic acids is 1. The van der Waals surface area contributed by atoms with Gasteiger partial charge in [-0.05, 0) is 24.3 Å². The van der Waals surface area contributed by atoms with Gasteiger partial charge in [0.15, 0.2) is 11.9 Å². The van der Waals surface area contributed by atoms with Gasteiger partial charge in [0.1, 0.15) is 5.82 Å². The minimum absolute atomic E-state index is 0.316. The zero-order valence-electron chi connectivity index (χ0n) is 10.4. The first-order chi connectivity index (χ1) is 9.70. The molecule has 20 heavy (non-hydrogen) atoms. The number of nitrogen functional groups attached to an aromatic ring is 1. The number of nitrogens with one attached hydrogen (secondary N) is 1. The number of urea groups is 1. The van der Waals surface area contributed by atoms with Crippen molar-refractivity contribution in [3.05, 3.63) is 48.7 Å². The molecule has 1 heterocycles. The van der Waals surface area contributed by atoms with Crippen molar-refractivity contribution in [1.29, 1.82) is 5.26 Å². The highest BCUT2D eigenvalue weighted by molar-refractivity contribution is 5.91. The molecule has 0 aliphatic rings. The molecule has 2 amide bonds. The molecule has 0 radical (unpaired) electrons. The number of pyridine rings is 1. The summed E-state index contributed by atoms with van der Waals surface area (Å²) in [6.07, 6.45) is 2.94. The van der Waals surface area contributed by atoms with Crippen molar-refractivity contribution in [3.8, 4) is 11.9 Å². The number of nitriles is 1. The van der Waals surface area contributed by atoms with E-state index in [9.17, 15) is 4.79 Å². The van der Waals surface area contributed by atoms with Crippen molar-refractivity contribution in [3.63, 3.8) is 0 Å². The Balaban J connectivity index is 2.25. The molecule has 0 aliphatic carbocycles. The molecule has 7 heteroatoms. The van der Waals surface area contributed by atoms with Crippen molar-refractivity contribution in [1.82, 2.24) is 10.3 Å². The highest BCUT2D eigenvalue weighted by Crippen LogP contribution is 2.18. The van der Waals surface area contributed by atoms with E-state index in [1.54, 1.807) is 48.7 Å². The quantitative estimate of drug-likeness (QED) is 0.501. The van der Waals surface area contributed by atoms with E-state index in [4.69, 9.17) is 15.8 Å². The van der Waals surface area contributed by atoms with Crippen molar-refractivity contribution >= 4 is 17.5 Å². The molecule has 0 fully saturated rings. The zero-order valence-corrected chi connectivity index (χ0v) is 10.4. The third kappa shape index (κ3) is 3.14. The molecule has 0 aliphatic heterocycles. The average molecular weight is 269 g/mol. The number of nitrogens with zero attached hydrogens (tertiary/aromatic N) is 3. The molecule has 7 nitrogen and oxygen atoms in total. The lowest BCUT2D eigenvalue weighted by atomic mass is 10.3. The number of rotatable bonds is 3. The first-order valence-corrected chi connectivity index (χ1v) is 5.64. The van der Waals surface area contributed by atoms with Crippen LogP contribution >= 0.6 is 0 Å². The Morgan fingerprint density at radius 1 is 1.30 bits per heavy atom. The van der Waals surface area contributed by atoms with E-state index in [0.717, 1.165) is 5.06 Å². The highest BCUT2D eigenvalue weighted by atomic mass is 16.7. The van der Waals surface area contributed by atoms with Crippen LogP contribution in [0, 0.1) is 11.5 Å². The summed E-state index contributed by atoms with van der Waals surface area (Å²) < 4.78 is 0. The zero-order chi connectivity index (χ0) is 14.4. The Morgan fingerprint density at radius 3 is 2.65 bits per heavy atom. The van der Waals surface area contributed by atoms with Crippen LogP contribution in [0.4, 0.5) is 16.3 Å². The fourth-order valence-corrected chi connectivity index (χ4v) is 1.42. The van der Waals surface area contributed by atoms with E-state index in [-0.39, 0.29) is 0 Å². The van der Waals surface area contributed by atoms with Crippen LogP contribution in [0.3, 0.4) is 0 Å². The molecule has 2 rings (SSSR count). The predicted octanol–water partition coefficient (Wildman–Crippen LogP) is 1.65. The van der Waals surface area contributed by atoms with Gasteiger partial charge in [-0.1, -0.05) is 18.2 Å². The standard InChI is InChI=1S/C13H11N5O2/c14-9-17-13(19)18(10-4-2-1-3-5-10)20-11-6-7-12(15)16-8-11/h1-8H,(H2,15,16)(H,17,19). The maximum absolute atomic E-state index is 11.8. The highest BCUT2D eigenvalue weighted by Gasteiger charge is 2.17. The molecular weight excluding hydrogens is 258 g/mol. The fraction of sp³-hybridized carbons (Fsp3) is 0. The summed E-state index contributed by atoms with van der Waals surface area (Å²) in [5.74, 6) is 0.654. The van der Waals surface area contributed by atoms with E-state index in [2.05, 4.69) is 4.98 Å². The molecule has 3 N–H and O–H groups in total. The van der Waals surface area contributed by atoms with Crippen LogP contribution in [-0.2, 0) is 0 Å². The molecule has 0 saturated carbocycles. The smallest absolute Gasteiger partial charge is 0.368 e. The lowest BCUT2D eigenvalue weighted by molar-refractivity contribution is 0.216. The molecular formula is C13H11N5O2. The van der Waals surface area contributed by atoms with Gasteiger partial charge in [-0.2, -0.15) is 5.26 Å². The first-order valence-electron chi connectivity index (χ1n) is 5.64. The topological polar surface area (TPSA) is 104 Å². The Bertz CT molecular complexity index is 621. The lowest BCUT2D eigenvalue weighted by Crippen LogP contribution is -2.40. The van der Waals surface area contributed by atoms with E-state index in [0.29, 0.717) is 17.3 Å². The second-order valence-electron chi connectivity index (χ2n) is 3.68. The van der Waals surface area contributed by atoms with Gasteiger partial charge in [-0.15, -0.1) is 5.06 Å². The number of nitrogens with two attached hydrogens (primary N) is 1. The summed E-state index contributed by atoms with van der Waals surface area (Å²) in [5.41, 5.74) is 5.94. The van der Waals surface area contributed by atoms with Gasteiger partial charge in [0.05, 0.1) is 11.9 Å². The summed E-state index contributed by atoms with van der Waals surface area (Å²) in [4.78, 5) is 21.1. The minimum atomic E-state index is -0.712. The van der Waals surface area contributed by atoms with Gasteiger partial charge in [-0.3, -0.25) is 0 Å². The Labute approximate surface area is 115 Å². The molecule has 0 unspecified atom stereocenters. The number of hydrogen-bond acceptors (Lipinski definition) is 5. The molecule has 0 spiro atoms. The largest absolute Gasteiger partial charge is 0.384 e. The SMILES string of the molecule is N#CNC(=O)N(Oc1ccc(N)nc1)c1ccccc1. The number of aromatic nitrogens is 1. The summed E-state index contributed by atoms with van der Waals surface area (Å²) in [6, 6.07) is 11.0. The summed E-state index contributed by atoms with van der Waals surface area (Å²) in [5, 5.41) is 11.5. The van der Waals surface area contributed by atoms with Gasteiger partial charge < -0.3 is 10.6 Å². The van der Waals surface area contributed by atoms with E-state index in [1.165, 1.54) is 6.20 Å². The minimum Gasteiger partial charge on any atom is -0.384 e. The number of carbonyl (C=O) groups is 1. The number of para-hydroxylation sites is 1. The van der Waals surface area contributed by atoms with Crippen molar-refractivity contribution in [2.75, 3.05) is 10.8 Å². The van der Waals surface area contributed by atoms with Crippen LogP contribution in [0.2, 0.25) is 0 Å². The van der Waals surface area contributed by atoms with E-state index < -0.39 is 6.03 Å². The Kier molecular flexibility index (Phi) is 3.99. The number of benzene rings is 1. The second kappa shape index (κ2) is 6.06. The van der Waals surface area contributed by atoms with Gasteiger partial charge in [0.2, 0.25) is 0 Å². The predicted molar refractivity (Wildman–Crippen MR) is 72.3 cm³/mol. The summed E-state index contributed by atoms with van der Waals surface area (Å²) in [6.45, 7) is 0. The molecule has 100 valence electrons. The van der Waals surface area contributed by atoms with Crippen molar-refractivity contribution in [2.24, 2.45) is 0 Å². The Hall–Kier alpha value is -3.27. The Morgan fingerprint density at radius 2 is 2.05 bits per heavy atom. The maximum Gasteiger partial charge on any atom is 0.368 e. The molecule has 0 bridgehead atoms. The molecule has 0 atom stereocenters. The first kappa shape index (κ1) is 13.2. The molecule has 2 aromatic rings. The number of amides is 2. The second-order valence-corrected chi connectivity index (χ2v) is 3.68. The van der Waals surface area contributed by atoms with Gasteiger partial charge in [0, 0.05) is 0 Å².